The first-order chi connectivity index (χ1) is 15.6. The van der Waals surface area contributed by atoms with Crippen LogP contribution in [0.2, 0.25) is 0 Å². The summed E-state index contributed by atoms with van der Waals surface area (Å²) in [6.07, 6.45) is 0. The average molecular weight is 439 g/mol. The number of thiophene rings is 1. The van der Waals surface area contributed by atoms with E-state index in [-0.39, 0.29) is 5.56 Å². The van der Waals surface area contributed by atoms with E-state index in [2.05, 4.69) is 10.4 Å². The van der Waals surface area contributed by atoms with Crippen molar-refractivity contribution in [3.05, 3.63) is 93.9 Å². The van der Waals surface area contributed by atoms with Crippen LogP contribution in [0.1, 0.15) is 16.8 Å². The minimum absolute atomic E-state index is 0.172. The van der Waals surface area contributed by atoms with E-state index >= 15 is 0 Å². The highest BCUT2D eigenvalue weighted by molar-refractivity contribution is 7.25. The Morgan fingerprint density at radius 3 is 2.41 bits per heavy atom. The van der Waals surface area contributed by atoms with Crippen molar-refractivity contribution in [2.45, 2.75) is 13.8 Å². The molecule has 2 aromatic carbocycles. The van der Waals surface area contributed by atoms with Crippen molar-refractivity contribution in [3.63, 3.8) is 0 Å². The zero-order valence-electron chi connectivity index (χ0n) is 17.4. The van der Waals surface area contributed by atoms with Gasteiger partial charge in [-0.15, -0.1) is 16.4 Å². The van der Waals surface area contributed by atoms with Gasteiger partial charge in [0.05, 0.1) is 5.69 Å². The Balaban J connectivity index is 1.67. The van der Waals surface area contributed by atoms with E-state index in [1.165, 1.54) is 16.0 Å². The number of nitrogens with one attached hydrogen (secondary N) is 1. The van der Waals surface area contributed by atoms with E-state index in [0.717, 1.165) is 32.7 Å². The minimum atomic E-state index is -0.172. The number of benzene rings is 2. The van der Waals surface area contributed by atoms with Gasteiger partial charge in [-0.3, -0.25) is 10.2 Å². The van der Waals surface area contributed by atoms with Gasteiger partial charge in [-0.1, -0.05) is 48.5 Å². The third-order valence-corrected chi connectivity index (χ3v) is 6.49. The molecule has 0 amide bonds. The molecule has 5 aromatic rings. The fourth-order valence-corrected chi connectivity index (χ4v) is 5.16. The Morgan fingerprint density at radius 1 is 0.938 bits per heavy atom. The summed E-state index contributed by atoms with van der Waals surface area (Å²) < 4.78 is 2.04. The van der Waals surface area contributed by atoms with Crippen LogP contribution in [0.3, 0.4) is 0 Å². The maximum atomic E-state index is 13.7. The van der Waals surface area contributed by atoms with Gasteiger partial charge in [-0.2, -0.15) is 9.69 Å². The smallest absolute Gasteiger partial charge is 0.270 e. The summed E-state index contributed by atoms with van der Waals surface area (Å²) >= 11 is 1.38. The lowest BCUT2D eigenvalue weighted by atomic mass is 10.1. The molecule has 0 fully saturated rings. The number of rotatable bonds is 2. The Bertz CT molecular complexity index is 1590. The molecule has 0 spiro atoms. The highest BCUT2D eigenvalue weighted by Gasteiger charge is 2.27. The van der Waals surface area contributed by atoms with E-state index < -0.39 is 0 Å². The molecular weight excluding hydrogens is 420 g/mol. The van der Waals surface area contributed by atoms with Gasteiger partial charge in [0.15, 0.2) is 5.84 Å². The van der Waals surface area contributed by atoms with E-state index in [4.69, 9.17) is 10.1 Å². The first kappa shape index (κ1) is 18.7. The normalized spacial score (nSPS) is 13.2. The average Bonchev–Trinajstić information content (AvgIpc) is 3.19. The molecule has 4 heterocycles. The summed E-state index contributed by atoms with van der Waals surface area (Å²) in [6, 6.07) is 21.5. The maximum Gasteiger partial charge on any atom is 0.292 e. The number of aromatic nitrogens is 3. The Labute approximate surface area is 187 Å². The Morgan fingerprint density at radius 2 is 1.66 bits per heavy atom. The van der Waals surface area contributed by atoms with Gasteiger partial charge < -0.3 is 0 Å². The molecule has 32 heavy (non-hydrogen) atoms. The lowest BCUT2D eigenvalue weighted by Gasteiger charge is -2.28. The highest BCUT2D eigenvalue weighted by atomic mass is 32.1. The molecule has 0 saturated carbocycles. The molecule has 0 aliphatic carbocycles. The van der Waals surface area contributed by atoms with Crippen LogP contribution in [0.15, 0.2) is 76.6 Å². The van der Waals surface area contributed by atoms with E-state index in [9.17, 15) is 4.79 Å². The third kappa shape index (κ3) is 2.80. The standard InChI is InChI=1S/C24H18N6OS/c1-14-13-15(2)25-22-18(14)19-20(32-22)23(31)30-24(26-19)29(17-11-7-4-8-12-17)27-21(28-30)16-9-5-3-6-10-16/h3-13H,1-2H3,(H,27,28). The molecule has 0 atom stereocenters. The Kier molecular flexibility index (Phi) is 4.09. The SMILES string of the molecule is Cc1cc(C)c2c(n1)sc1c(=O)n3c(nc12)N(c1ccccc1)N=C(c1ccccc1)N3. The largest absolute Gasteiger partial charge is 0.292 e. The summed E-state index contributed by atoms with van der Waals surface area (Å²) in [5.41, 5.74) is 7.33. The van der Waals surface area contributed by atoms with Crippen LogP contribution in [-0.2, 0) is 0 Å². The van der Waals surface area contributed by atoms with Gasteiger partial charge in [0.25, 0.3) is 11.5 Å². The zero-order chi connectivity index (χ0) is 21.8. The summed E-state index contributed by atoms with van der Waals surface area (Å²) in [5.74, 6) is 0.976. The predicted octanol–water partition coefficient (Wildman–Crippen LogP) is 4.68. The van der Waals surface area contributed by atoms with Crippen molar-refractivity contribution in [1.29, 1.82) is 0 Å². The lowest BCUT2D eigenvalue weighted by molar-refractivity contribution is 0.815. The molecule has 1 N–H and O–H groups in total. The van der Waals surface area contributed by atoms with Crippen LogP contribution in [-0.4, -0.2) is 20.5 Å². The number of anilines is 2. The number of pyridine rings is 1. The van der Waals surface area contributed by atoms with Crippen LogP contribution in [0.25, 0.3) is 20.4 Å². The van der Waals surface area contributed by atoms with Gasteiger partial charge in [-0.25, -0.2) is 9.97 Å². The zero-order valence-corrected chi connectivity index (χ0v) is 18.2. The van der Waals surface area contributed by atoms with E-state index in [1.54, 1.807) is 5.01 Å². The van der Waals surface area contributed by atoms with E-state index in [1.807, 2.05) is 80.6 Å². The topological polar surface area (TPSA) is 75.4 Å². The molecule has 1 aliphatic heterocycles. The van der Waals surface area contributed by atoms with Crippen molar-refractivity contribution < 1.29 is 0 Å². The second-order valence-corrected chi connectivity index (χ2v) is 8.67. The molecule has 0 unspecified atom stereocenters. The molecule has 0 bridgehead atoms. The number of hydrogen-bond donors (Lipinski definition) is 1. The quantitative estimate of drug-likeness (QED) is 0.433. The summed E-state index contributed by atoms with van der Waals surface area (Å²) in [6.45, 7) is 3.99. The van der Waals surface area contributed by atoms with Crippen molar-refractivity contribution in [3.8, 4) is 0 Å². The molecule has 7 nitrogen and oxygen atoms in total. The van der Waals surface area contributed by atoms with Crippen LogP contribution in [0.5, 0.6) is 0 Å². The monoisotopic (exact) mass is 438 g/mol. The van der Waals surface area contributed by atoms with Crippen molar-refractivity contribution in [1.82, 2.24) is 14.6 Å². The lowest BCUT2D eigenvalue weighted by Crippen LogP contribution is -2.42. The first-order valence-electron chi connectivity index (χ1n) is 10.2. The molecule has 0 saturated heterocycles. The second-order valence-electron chi connectivity index (χ2n) is 7.67. The second kappa shape index (κ2) is 7.00. The number of hydrogen-bond acceptors (Lipinski definition) is 7. The molecular formula is C24H18N6OS. The van der Waals surface area contributed by atoms with Crippen LogP contribution >= 0.6 is 11.3 Å². The van der Waals surface area contributed by atoms with Gasteiger partial charge in [0, 0.05) is 16.6 Å². The van der Waals surface area contributed by atoms with Crippen molar-refractivity contribution in [2.24, 2.45) is 5.10 Å². The maximum absolute atomic E-state index is 13.7. The number of fused-ring (bicyclic) bond motifs is 4. The summed E-state index contributed by atoms with van der Waals surface area (Å²) in [5, 5.41) is 7.44. The van der Waals surface area contributed by atoms with Crippen molar-refractivity contribution >= 4 is 49.2 Å². The summed E-state index contributed by atoms with van der Waals surface area (Å²) in [7, 11) is 0. The predicted molar refractivity (Wildman–Crippen MR) is 130 cm³/mol. The molecule has 8 heteroatoms. The van der Waals surface area contributed by atoms with Gasteiger partial charge in [0.1, 0.15) is 15.0 Å². The van der Waals surface area contributed by atoms with E-state index in [0.29, 0.717) is 22.0 Å². The number of nitrogens with zero attached hydrogens (tertiary/aromatic N) is 5. The fraction of sp³-hybridized carbons (Fsp3) is 0.0833. The first-order valence-corrected chi connectivity index (χ1v) is 11.0. The van der Waals surface area contributed by atoms with Crippen LogP contribution < -0.4 is 16.0 Å². The molecule has 156 valence electrons. The fourth-order valence-electron chi connectivity index (χ4n) is 3.99. The van der Waals surface area contributed by atoms with Gasteiger partial charge >= 0.3 is 0 Å². The Hall–Kier alpha value is -4.04. The van der Waals surface area contributed by atoms with Crippen molar-refractivity contribution in [2.75, 3.05) is 10.4 Å². The molecule has 3 aromatic heterocycles. The van der Waals surface area contributed by atoms with Crippen LogP contribution in [0, 0.1) is 13.8 Å². The highest BCUT2D eigenvalue weighted by Crippen LogP contribution is 2.35. The molecule has 6 rings (SSSR count). The number of para-hydroxylation sites is 1. The van der Waals surface area contributed by atoms with Gasteiger partial charge in [0.2, 0.25) is 0 Å². The summed E-state index contributed by atoms with van der Waals surface area (Å²) in [4.78, 5) is 24.1. The van der Waals surface area contributed by atoms with Gasteiger partial charge in [-0.05, 0) is 37.6 Å². The number of amidine groups is 1. The van der Waals surface area contributed by atoms with Crippen LogP contribution in [0.4, 0.5) is 11.6 Å². The molecule has 0 radical (unpaired) electrons. The minimum Gasteiger partial charge on any atom is -0.270 e. The molecule has 1 aliphatic rings. The number of aryl methyl sites for hydroxylation is 2. The third-order valence-electron chi connectivity index (χ3n) is 5.43. The number of hydrazone groups is 1.